The number of hydrogen-bond donors (Lipinski definition) is 1. The van der Waals surface area contributed by atoms with Crippen molar-refractivity contribution in [1.82, 2.24) is 9.80 Å². The summed E-state index contributed by atoms with van der Waals surface area (Å²) in [4.78, 5) is 37.8. The lowest BCUT2D eigenvalue weighted by molar-refractivity contribution is -0.141. The third-order valence-corrected chi connectivity index (χ3v) is 3.56. The molecule has 0 aliphatic carbocycles. The van der Waals surface area contributed by atoms with Crippen LogP contribution < -0.4 is 0 Å². The molecule has 0 bridgehead atoms. The number of methoxy groups -OCH3 is 1. The zero-order valence-corrected chi connectivity index (χ0v) is 12.7. The molecule has 1 fully saturated rings. The first kappa shape index (κ1) is 17.3. The highest BCUT2D eigenvalue weighted by Crippen LogP contribution is 2.20. The number of carboxylic acids is 1. The molecule has 1 heterocycles. The maximum Gasteiger partial charge on any atom is 0.325 e. The molecule has 21 heavy (non-hydrogen) atoms. The van der Waals surface area contributed by atoms with Crippen LogP contribution in [0.5, 0.6) is 0 Å². The third kappa shape index (κ3) is 5.61. The Bertz CT molecular complexity index is 386. The summed E-state index contributed by atoms with van der Waals surface area (Å²) in [5, 5.41) is 8.86. The second kappa shape index (κ2) is 8.49. The molecular weight excluding hydrogens is 276 g/mol. The van der Waals surface area contributed by atoms with E-state index in [-0.39, 0.29) is 24.9 Å². The number of hydrogen-bond acceptors (Lipinski definition) is 4. The summed E-state index contributed by atoms with van der Waals surface area (Å²) in [5.74, 6) is -1.30. The van der Waals surface area contributed by atoms with Crippen molar-refractivity contribution in [3.8, 4) is 0 Å². The van der Waals surface area contributed by atoms with Gasteiger partial charge >= 0.3 is 18.0 Å². The van der Waals surface area contributed by atoms with E-state index in [1.54, 1.807) is 4.90 Å². The smallest absolute Gasteiger partial charge is 0.325 e. The first-order chi connectivity index (χ1) is 9.97. The molecule has 0 radical (unpaired) electrons. The highest BCUT2D eigenvalue weighted by molar-refractivity contribution is 5.81. The predicted octanol–water partition coefficient (Wildman–Crippen LogP) is 1.18. The van der Waals surface area contributed by atoms with Gasteiger partial charge in [0.1, 0.15) is 6.54 Å². The van der Waals surface area contributed by atoms with Gasteiger partial charge in [-0.25, -0.2) is 4.79 Å². The van der Waals surface area contributed by atoms with Crippen molar-refractivity contribution in [3.05, 3.63) is 0 Å². The maximum absolute atomic E-state index is 12.5. The number of piperidine rings is 1. The van der Waals surface area contributed by atoms with Crippen molar-refractivity contribution in [2.75, 3.05) is 33.3 Å². The number of carboxylic acid groups (broad SMARTS) is 1. The molecule has 0 saturated carbocycles. The minimum Gasteiger partial charge on any atom is -0.481 e. The summed E-state index contributed by atoms with van der Waals surface area (Å²) in [6.07, 6.45) is 2.44. The lowest BCUT2D eigenvalue weighted by Gasteiger charge is -2.35. The van der Waals surface area contributed by atoms with Crippen molar-refractivity contribution in [2.45, 2.75) is 32.6 Å². The van der Waals surface area contributed by atoms with Gasteiger partial charge in [0.2, 0.25) is 0 Å². The Labute approximate surface area is 124 Å². The van der Waals surface area contributed by atoms with Gasteiger partial charge in [-0.1, -0.05) is 6.92 Å². The van der Waals surface area contributed by atoms with Gasteiger partial charge in [-0.3, -0.25) is 9.59 Å². The van der Waals surface area contributed by atoms with E-state index < -0.39 is 11.9 Å². The van der Waals surface area contributed by atoms with E-state index in [2.05, 4.69) is 4.74 Å². The monoisotopic (exact) mass is 300 g/mol. The van der Waals surface area contributed by atoms with E-state index in [4.69, 9.17) is 5.11 Å². The molecule has 1 atom stereocenters. The van der Waals surface area contributed by atoms with Gasteiger partial charge < -0.3 is 19.6 Å². The summed E-state index contributed by atoms with van der Waals surface area (Å²) >= 11 is 0. The van der Waals surface area contributed by atoms with E-state index in [1.165, 1.54) is 12.0 Å². The molecule has 1 unspecified atom stereocenters. The molecule has 7 nitrogen and oxygen atoms in total. The third-order valence-electron chi connectivity index (χ3n) is 3.56. The Morgan fingerprint density at radius 3 is 2.67 bits per heavy atom. The molecule has 2 amide bonds. The average molecular weight is 300 g/mol. The van der Waals surface area contributed by atoms with Crippen LogP contribution in [-0.4, -0.2) is 66.2 Å². The minimum atomic E-state index is -0.839. The fraction of sp³-hybridized carbons (Fsp3) is 0.786. The van der Waals surface area contributed by atoms with Crippen molar-refractivity contribution >= 4 is 18.0 Å². The molecule has 0 aromatic carbocycles. The molecule has 1 saturated heterocycles. The maximum atomic E-state index is 12.5. The summed E-state index contributed by atoms with van der Waals surface area (Å²) in [5.41, 5.74) is 0. The van der Waals surface area contributed by atoms with E-state index >= 15 is 0 Å². The summed E-state index contributed by atoms with van der Waals surface area (Å²) < 4.78 is 4.61. The summed E-state index contributed by atoms with van der Waals surface area (Å²) in [6, 6.07) is -0.211. The van der Waals surface area contributed by atoms with E-state index in [0.717, 1.165) is 19.3 Å². The molecule has 7 heteroatoms. The molecule has 1 aliphatic heterocycles. The van der Waals surface area contributed by atoms with Crippen LogP contribution in [0.1, 0.15) is 32.6 Å². The quantitative estimate of drug-likeness (QED) is 0.744. The van der Waals surface area contributed by atoms with Crippen LogP contribution in [0.4, 0.5) is 4.79 Å². The molecule has 1 aliphatic rings. The van der Waals surface area contributed by atoms with Crippen LogP contribution in [0.25, 0.3) is 0 Å². The molecule has 1 rings (SSSR count). The molecule has 0 aromatic rings. The van der Waals surface area contributed by atoms with Gasteiger partial charge in [0.25, 0.3) is 0 Å². The SMILES string of the molecule is CCCN(CC(=O)OC)C(=O)N1CCCC(CC(=O)O)C1. The Morgan fingerprint density at radius 1 is 1.38 bits per heavy atom. The lowest BCUT2D eigenvalue weighted by atomic mass is 9.95. The topological polar surface area (TPSA) is 87.2 Å². The highest BCUT2D eigenvalue weighted by atomic mass is 16.5. The number of carbonyl (C=O) groups is 3. The van der Waals surface area contributed by atoms with Crippen LogP contribution in [0.2, 0.25) is 0 Å². The van der Waals surface area contributed by atoms with Gasteiger partial charge in [0.05, 0.1) is 7.11 Å². The fourth-order valence-corrected chi connectivity index (χ4v) is 2.59. The minimum absolute atomic E-state index is 0.0122. The normalized spacial score (nSPS) is 18.2. The van der Waals surface area contributed by atoms with Crippen LogP contribution in [0.3, 0.4) is 0 Å². The zero-order chi connectivity index (χ0) is 15.8. The molecular formula is C14H24N2O5. The van der Waals surface area contributed by atoms with E-state index in [1.807, 2.05) is 6.92 Å². The molecule has 1 N–H and O–H groups in total. The van der Waals surface area contributed by atoms with Gasteiger partial charge in [-0.15, -0.1) is 0 Å². The van der Waals surface area contributed by atoms with Gasteiger partial charge in [-0.2, -0.15) is 0 Å². The zero-order valence-electron chi connectivity index (χ0n) is 12.7. The van der Waals surface area contributed by atoms with Gasteiger partial charge in [0.15, 0.2) is 0 Å². The second-order valence-corrected chi connectivity index (χ2v) is 5.33. The Kier molecular flexibility index (Phi) is 6.98. The number of rotatable bonds is 6. The standard InChI is InChI=1S/C14H24N2O5/c1-3-6-15(10-13(19)21-2)14(20)16-7-4-5-11(9-16)8-12(17)18/h11H,3-10H2,1-2H3,(H,17,18). The second-order valence-electron chi connectivity index (χ2n) is 5.33. The van der Waals surface area contributed by atoms with Crippen LogP contribution in [0, 0.1) is 5.92 Å². The molecule has 0 aromatic heterocycles. The first-order valence-corrected chi connectivity index (χ1v) is 7.30. The molecule has 120 valence electrons. The number of nitrogens with zero attached hydrogens (tertiary/aromatic N) is 2. The Morgan fingerprint density at radius 2 is 2.10 bits per heavy atom. The number of ether oxygens (including phenoxy) is 1. The number of amides is 2. The predicted molar refractivity (Wildman–Crippen MR) is 75.8 cm³/mol. The number of esters is 1. The lowest BCUT2D eigenvalue weighted by Crippen LogP contribution is -2.49. The number of aliphatic carboxylic acids is 1. The number of likely N-dealkylation sites (tertiary alicyclic amines) is 1. The Balaban J connectivity index is 2.64. The molecule has 0 spiro atoms. The Hall–Kier alpha value is -1.79. The van der Waals surface area contributed by atoms with Crippen LogP contribution >= 0.6 is 0 Å². The van der Waals surface area contributed by atoms with Gasteiger partial charge in [0, 0.05) is 26.1 Å². The van der Waals surface area contributed by atoms with E-state index in [9.17, 15) is 14.4 Å². The first-order valence-electron chi connectivity index (χ1n) is 7.30. The van der Waals surface area contributed by atoms with Gasteiger partial charge in [-0.05, 0) is 25.2 Å². The van der Waals surface area contributed by atoms with Crippen molar-refractivity contribution in [3.63, 3.8) is 0 Å². The fourth-order valence-electron chi connectivity index (χ4n) is 2.59. The number of urea groups is 1. The summed E-state index contributed by atoms with van der Waals surface area (Å²) in [7, 11) is 1.29. The van der Waals surface area contributed by atoms with Crippen LogP contribution in [0.15, 0.2) is 0 Å². The number of carbonyl (C=O) groups excluding carboxylic acids is 2. The highest BCUT2D eigenvalue weighted by Gasteiger charge is 2.28. The van der Waals surface area contributed by atoms with Crippen molar-refractivity contribution in [1.29, 1.82) is 0 Å². The van der Waals surface area contributed by atoms with E-state index in [0.29, 0.717) is 19.6 Å². The van der Waals surface area contributed by atoms with Crippen LogP contribution in [-0.2, 0) is 14.3 Å². The van der Waals surface area contributed by atoms with Crippen molar-refractivity contribution < 1.29 is 24.2 Å². The average Bonchev–Trinajstić information content (AvgIpc) is 2.45. The summed E-state index contributed by atoms with van der Waals surface area (Å²) in [6.45, 7) is 3.39. The van der Waals surface area contributed by atoms with Crippen molar-refractivity contribution in [2.24, 2.45) is 5.92 Å². The largest absolute Gasteiger partial charge is 0.481 e.